The molecule has 0 N–H and O–H groups in total. The van der Waals surface area contributed by atoms with Crippen molar-refractivity contribution in [3.05, 3.63) is 57.2 Å². The van der Waals surface area contributed by atoms with E-state index in [2.05, 4.69) is 19.1 Å². The number of carbonyl (C=O) groups excluding carboxylic acids is 1. The quantitative estimate of drug-likeness (QED) is 0.423. The van der Waals surface area contributed by atoms with Gasteiger partial charge in [-0.1, -0.05) is 49.0 Å². The third-order valence-corrected chi connectivity index (χ3v) is 7.40. The van der Waals surface area contributed by atoms with Crippen molar-refractivity contribution in [1.29, 1.82) is 0 Å². The summed E-state index contributed by atoms with van der Waals surface area (Å²) in [5.74, 6) is 0.465. The Morgan fingerprint density at radius 2 is 1.97 bits per heavy atom. The molecule has 1 aliphatic rings. The molecule has 5 nitrogen and oxygen atoms in total. The third kappa shape index (κ3) is 4.56. The van der Waals surface area contributed by atoms with Crippen molar-refractivity contribution < 1.29 is 4.79 Å². The van der Waals surface area contributed by atoms with Crippen molar-refractivity contribution in [2.75, 3.05) is 18.8 Å². The lowest BCUT2D eigenvalue weighted by molar-refractivity contribution is -0.127. The number of aromatic nitrogens is 2. The molecule has 3 aromatic rings. The first-order chi connectivity index (χ1) is 14.2. The maximum atomic E-state index is 13.2. The van der Waals surface area contributed by atoms with Crippen LogP contribution in [0.2, 0.25) is 0 Å². The Bertz CT molecular complexity index is 1050. The van der Waals surface area contributed by atoms with Gasteiger partial charge >= 0.3 is 0 Å². The van der Waals surface area contributed by atoms with Crippen molar-refractivity contribution in [1.82, 2.24) is 14.5 Å². The number of thiophene rings is 1. The predicted octanol–water partition coefficient (Wildman–Crippen LogP) is 3.98. The highest BCUT2D eigenvalue weighted by Crippen LogP contribution is 2.26. The molecule has 0 bridgehead atoms. The summed E-state index contributed by atoms with van der Waals surface area (Å²) in [7, 11) is 0. The largest absolute Gasteiger partial charge is 0.342 e. The molecule has 3 heterocycles. The SMILES string of the molecule is CCc1cc2c(=O)n(CCc3ccccc3)c(SCC(=O)N3CCCC3)nc2s1. The number of nitrogens with zero attached hydrogens (tertiary/aromatic N) is 3. The predicted molar refractivity (Wildman–Crippen MR) is 120 cm³/mol. The zero-order valence-electron chi connectivity index (χ0n) is 16.6. The molecule has 0 radical (unpaired) electrons. The Balaban J connectivity index is 1.62. The molecule has 0 aliphatic carbocycles. The summed E-state index contributed by atoms with van der Waals surface area (Å²) in [6, 6.07) is 12.1. The van der Waals surface area contributed by atoms with E-state index in [4.69, 9.17) is 4.98 Å². The summed E-state index contributed by atoms with van der Waals surface area (Å²) in [4.78, 5) is 34.4. The fourth-order valence-electron chi connectivity index (χ4n) is 3.60. The van der Waals surface area contributed by atoms with E-state index in [9.17, 15) is 9.59 Å². The minimum atomic E-state index is -0.00185. The van der Waals surface area contributed by atoms with Crippen LogP contribution in [0.15, 0.2) is 46.3 Å². The minimum Gasteiger partial charge on any atom is -0.342 e. The number of hydrogen-bond donors (Lipinski definition) is 0. The van der Waals surface area contributed by atoms with Gasteiger partial charge in [0.05, 0.1) is 11.1 Å². The lowest BCUT2D eigenvalue weighted by Gasteiger charge is -2.16. The summed E-state index contributed by atoms with van der Waals surface area (Å²) in [6.45, 7) is 4.33. The monoisotopic (exact) mass is 427 g/mol. The summed E-state index contributed by atoms with van der Waals surface area (Å²) in [5.41, 5.74) is 1.18. The van der Waals surface area contributed by atoms with Crippen molar-refractivity contribution in [3.63, 3.8) is 0 Å². The first-order valence-corrected chi connectivity index (χ1v) is 11.9. The Kier molecular flexibility index (Phi) is 6.35. The van der Waals surface area contributed by atoms with Gasteiger partial charge in [0.15, 0.2) is 5.16 Å². The maximum Gasteiger partial charge on any atom is 0.262 e. The van der Waals surface area contributed by atoms with Crippen LogP contribution in [0.1, 0.15) is 30.2 Å². The second-order valence-electron chi connectivity index (χ2n) is 7.25. The smallest absolute Gasteiger partial charge is 0.262 e. The van der Waals surface area contributed by atoms with E-state index in [1.54, 1.807) is 15.9 Å². The Labute approximate surface area is 178 Å². The molecule has 4 rings (SSSR count). The van der Waals surface area contributed by atoms with Crippen LogP contribution in [0.25, 0.3) is 10.2 Å². The van der Waals surface area contributed by atoms with Crippen LogP contribution in [-0.2, 0) is 24.2 Å². The molecule has 2 aromatic heterocycles. The summed E-state index contributed by atoms with van der Waals surface area (Å²) < 4.78 is 1.75. The van der Waals surface area contributed by atoms with Gasteiger partial charge < -0.3 is 4.90 Å². The van der Waals surface area contributed by atoms with Crippen molar-refractivity contribution in [2.24, 2.45) is 0 Å². The van der Waals surface area contributed by atoms with E-state index in [1.165, 1.54) is 17.3 Å². The third-order valence-electron chi connectivity index (χ3n) is 5.27. The number of amides is 1. The molecule has 0 unspecified atom stereocenters. The molecule has 1 saturated heterocycles. The van der Waals surface area contributed by atoms with Gasteiger partial charge in [-0.15, -0.1) is 11.3 Å². The van der Waals surface area contributed by atoms with E-state index in [-0.39, 0.29) is 11.5 Å². The number of carbonyl (C=O) groups is 1. The molecule has 1 aliphatic heterocycles. The number of likely N-dealkylation sites (tertiary alicyclic amines) is 1. The Hall–Kier alpha value is -2.12. The molecule has 7 heteroatoms. The molecule has 1 aromatic carbocycles. The van der Waals surface area contributed by atoms with E-state index in [0.717, 1.165) is 48.5 Å². The average molecular weight is 428 g/mol. The van der Waals surface area contributed by atoms with Crippen molar-refractivity contribution >= 4 is 39.2 Å². The first kappa shape index (κ1) is 20.2. The second-order valence-corrected chi connectivity index (χ2v) is 9.31. The highest BCUT2D eigenvalue weighted by molar-refractivity contribution is 7.99. The number of benzene rings is 1. The van der Waals surface area contributed by atoms with E-state index in [1.807, 2.05) is 29.2 Å². The standard InChI is InChI=1S/C22H25N3O2S2/c1-2-17-14-18-20(29-17)23-22(28-15-19(26)24-11-6-7-12-24)25(21(18)27)13-10-16-8-4-3-5-9-16/h3-5,8-9,14H,2,6-7,10-13,15H2,1H3. The van der Waals surface area contributed by atoms with E-state index in [0.29, 0.717) is 22.8 Å². The van der Waals surface area contributed by atoms with Crippen molar-refractivity contribution in [3.8, 4) is 0 Å². The number of aryl methyl sites for hydroxylation is 2. The van der Waals surface area contributed by atoms with Crippen LogP contribution in [0.5, 0.6) is 0 Å². The zero-order chi connectivity index (χ0) is 20.2. The van der Waals surface area contributed by atoms with Gasteiger partial charge in [0.25, 0.3) is 5.56 Å². The first-order valence-electron chi connectivity index (χ1n) is 10.1. The number of thioether (sulfide) groups is 1. The fourth-order valence-corrected chi connectivity index (χ4v) is 5.53. The van der Waals surface area contributed by atoms with Gasteiger partial charge in [-0.2, -0.15) is 0 Å². The van der Waals surface area contributed by atoms with Crippen LogP contribution in [-0.4, -0.2) is 39.2 Å². The summed E-state index contributed by atoms with van der Waals surface area (Å²) >= 11 is 2.97. The number of rotatable bonds is 7. The molecule has 1 fully saturated rings. The molecular weight excluding hydrogens is 402 g/mol. The van der Waals surface area contributed by atoms with Gasteiger partial charge in [-0.3, -0.25) is 14.2 Å². The molecule has 152 valence electrons. The molecule has 0 saturated carbocycles. The Morgan fingerprint density at radius 3 is 2.69 bits per heavy atom. The van der Waals surface area contributed by atoms with Gasteiger partial charge in [-0.25, -0.2) is 4.98 Å². The van der Waals surface area contributed by atoms with Crippen molar-refractivity contribution in [2.45, 2.75) is 44.3 Å². The maximum absolute atomic E-state index is 13.2. The lowest BCUT2D eigenvalue weighted by Crippen LogP contribution is -2.30. The highest BCUT2D eigenvalue weighted by Gasteiger charge is 2.20. The number of fused-ring (bicyclic) bond motifs is 1. The van der Waals surface area contributed by atoms with Crippen LogP contribution >= 0.6 is 23.1 Å². The molecule has 29 heavy (non-hydrogen) atoms. The van der Waals surface area contributed by atoms with Crippen LogP contribution in [0.3, 0.4) is 0 Å². The molecule has 1 amide bonds. The minimum absolute atomic E-state index is 0.00185. The van der Waals surface area contributed by atoms with Crippen LogP contribution < -0.4 is 5.56 Å². The van der Waals surface area contributed by atoms with Gasteiger partial charge in [0.1, 0.15) is 4.83 Å². The molecule has 0 atom stereocenters. The summed E-state index contributed by atoms with van der Waals surface area (Å²) in [5, 5.41) is 1.34. The van der Waals surface area contributed by atoms with Gasteiger partial charge in [0.2, 0.25) is 5.91 Å². The lowest BCUT2D eigenvalue weighted by atomic mass is 10.1. The summed E-state index contributed by atoms with van der Waals surface area (Å²) in [6.07, 6.45) is 3.81. The molecule has 0 spiro atoms. The topological polar surface area (TPSA) is 55.2 Å². The van der Waals surface area contributed by atoms with Gasteiger partial charge in [0, 0.05) is 24.5 Å². The van der Waals surface area contributed by atoms with Crippen LogP contribution in [0.4, 0.5) is 0 Å². The normalized spacial score (nSPS) is 14.0. The second kappa shape index (κ2) is 9.13. The number of hydrogen-bond acceptors (Lipinski definition) is 5. The zero-order valence-corrected chi connectivity index (χ0v) is 18.2. The van der Waals surface area contributed by atoms with E-state index >= 15 is 0 Å². The highest BCUT2D eigenvalue weighted by atomic mass is 32.2. The molecular formula is C22H25N3O2S2. The Morgan fingerprint density at radius 1 is 1.21 bits per heavy atom. The average Bonchev–Trinajstić information content (AvgIpc) is 3.42. The fraction of sp³-hybridized carbons (Fsp3) is 0.409. The van der Waals surface area contributed by atoms with Gasteiger partial charge in [-0.05, 0) is 37.3 Å². The van der Waals surface area contributed by atoms with Crippen LogP contribution in [0, 0.1) is 0 Å². The van der Waals surface area contributed by atoms with E-state index < -0.39 is 0 Å².